The van der Waals surface area contributed by atoms with Crippen LogP contribution in [-0.4, -0.2) is 45.4 Å². The number of hydrogen-bond donors (Lipinski definition) is 1. The van der Waals surface area contributed by atoms with Crippen molar-refractivity contribution in [3.8, 4) is 0 Å². The summed E-state index contributed by atoms with van der Waals surface area (Å²) < 4.78 is 27.6. The summed E-state index contributed by atoms with van der Waals surface area (Å²) >= 11 is 0. The third-order valence-corrected chi connectivity index (χ3v) is 3.81. The Labute approximate surface area is 112 Å². The van der Waals surface area contributed by atoms with Crippen LogP contribution in [0.15, 0.2) is 34.3 Å². The molecule has 0 radical (unpaired) electrons. The van der Waals surface area contributed by atoms with Crippen molar-refractivity contribution in [3.63, 3.8) is 0 Å². The van der Waals surface area contributed by atoms with Crippen molar-refractivity contribution in [2.45, 2.75) is 11.8 Å². The fourth-order valence-corrected chi connectivity index (χ4v) is 2.32. The van der Waals surface area contributed by atoms with Crippen molar-refractivity contribution in [2.24, 2.45) is 10.2 Å². The van der Waals surface area contributed by atoms with Gasteiger partial charge in [-0.05, 0) is 24.6 Å². The number of benzene rings is 1. The van der Waals surface area contributed by atoms with Gasteiger partial charge in [0.2, 0.25) is 10.0 Å². The first-order chi connectivity index (χ1) is 8.97. The van der Waals surface area contributed by atoms with E-state index in [1.807, 2.05) is 11.9 Å². The van der Waals surface area contributed by atoms with Gasteiger partial charge in [0.15, 0.2) is 0 Å². The number of nitrogens with two attached hydrogens (primary N) is 1. The van der Waals surface area contributed by atoms with Gasteiger partial charge in [-0.15, -0.1) is 0 Å². The Bertz CT molecular complexity index is 560. The molecule has 0 amide bonds. The highest BCUT2D eigenvalue weighted by molar-refractivity contribution is 7.89. The number of hydrogen-bond acceptors (Lipinski definition) is 5. The van der Waals surface area contributed by atoms with Crippen LogP contribution < -0.4 is 5.14 Å². The molecule has 104 valence electrons. The molecular formula is C12H17N3O3S. The van der Waals surface area contributed by atoms with E-state index in [1.54, 1.807) is 12.1 Å². The molecule has 1 aromatic carbocycles. The summed E-state index contributed by atoms with van der Waals surface area (Å²) in [5.41, 5.74) is 1.71. The van der Waals surface area contributed by atoms with Gasteiger partial charge in [0.25, 0.3) is 0 Å². The van der Waals surface area contributed by atoms with Crippen LogP contribution in [0.25, 0.3) is 0 Å². The van der Waals surface area contributed by atoms with Gasteiger partial charge in [-0.1, -0.05) is 12.1 Å². The number of primary sulfonamides is 1. The highest BCUT2D eigenvalue weighted by Crippen LogP contribution is 2.10. The lowest BCUT2D eigenvalue weighted by atomic mass is 10.1. The second-order valence-corrected chi connectivity index (χ2v) is 5.88. The number of rotatable bonds is 3. The molecule has 0 bridgehead atoms. The van der Waals surface area contributed by atoms with Crippen LogP contribution in [0.2, 0.25) is 0 Å². The van der Waals surface area contributed by atoms with E-state index in [1.165, 1.54) is 12.1 Å². The second kappa shape index (κ2) is 5.68. The average molecular weight is 283 g/mol. The summed E-state index contributed by atoms with van der Waals surface area (Å²) in [7, 11) is -3.64. The monoisotopic (exact) mass is 283 g/mol. The fourth-order valence-electron chi connectivity index (χ4n) is 1.81. The molecule has 1 aliphatic rings. The van der Waals surface area contributed by atoms with E-state index >= 15 is 0 Å². The first-order valence-corrected chi connectivity index (χ1v) is 7.52. The van der Waals surface area contributed by atoms with Crippen molar-refractivity contribution in [1.82, 2.24) is 5.01 Å². The lowest BCUT2D eigenvalue weighted by Gasteiger charge is -2.24. The van der Waals surface area contributed by atoms with E-state index in [-0.39, 0.29) is 4.90 Å². The number of morpholine rings is 1. The van der Waals surface area contributed by atoms with E-state index in [4.69, 9.17) is 9.88 Å². The van der Waals surface area contributed by atoms with Crippen molar-refractivity contribution in [3.05, 3.63) is 29.8 Å². The molecule has 6 nitrogen and oxygen atoms in total. The maximum Gasteiger partial charge on any atom is 0.238 e. The van der Waals surface area contributed by atoms with Crippen molar-refractivity contribution in [2.75, 3.05) is 26.3 Å². The van der Waals surface area contributed by atoms with Gasteiger partial charge in [-0.2, -0.15) is 5.10 Å². The average Bonchev–Trinajstić information content (AvgIpc) is 2.39. The molecule has 0 unspecified atom stereocenters. The molecule has 2 rings (SSSR count). The standard InChI is InChI=1S/C12H17N3O3S/c1-10(14-15-6-8-18-9-7-15)11-2-4-12(5-3-11)19(13,16)17/h2-5H,6-9H2,1H3,(H2,13,16,17)/b14-10+. The smallest absolute Gasteiger partial charge is 0.238 e. The third-order valence-electron chi connectivity index (χ3n) is 2.88. The molecule has 0 spiro atoms. The Kier molecular flexibility index (Phi) is 4.18. The fraction of sp³-hybridized carbons (Fsp3) is 0.417. The van der Waals surface area contributed by atoms with Gasteiger partial charge in [0.05, 0.1) is 36.9 Å². The first kappa shape index (κ1) is 14.0. The van der Waals surface area contributed by atoms with Crippen LogP contribution in [0.5, 0.6) is 0 Å². The zero-order valence-corrected chi connectivity index (χ0v) is 11.6. The summed E-state index contributed by atoms with van der Waals surface area (Å²) in [5, 5.41) is 11.5. The minimum Gasteiger partial charge on any atom is -0.378 e. The zero-order chi connectivity index (χ0) is 13.9. The number of nitrogens with zero attached hydrogens (tertiary/aromatic N) is 2. The van der Waals surface area contributed by atoms with E-state index in [0.717, 1.165) is 24.4 Å². The van der Waals surface area contributed by atoms with Crippen LogP contribution in [0.3, 0.4) is 0 Å². The van der Waals surface area contributed by atoms with E-state index in [2.05, 4.69) is 5.10 Å². The molecule has 19 heavy (non-hydrogen) atoms. The molecule has 1 saturated heterocycles. The van der Waals surface area contributed by atoms with Gasteiger partial charge in [0.1, 0.15) is 0 Å². The highest BCUT2D eigenvalue weighted by atomic mass is 32.2. The number of sulfonamides is 1. The molecule has 0 atom stereocenters. The van der Waals surface area contributed by atoms with Crippen LogP contribution in [-0.2, 0) is 14.8 Å². The molecule has 1 heterocycles. The quantitative estimate of drug-likeness (QED) is 0.813. The predicted octanol–water partition coefficient (Wildman–Crippen LogP) is 0.390. The second-order valence-electron chi connectivity index (χ2n) is 4.32. The van der Waals surface area contributed by atoms with Crippen molar-refractivity contribution >= 4 is 15.7 Å². The van der Waals surface area contributed by atoms with E-state index in [9.17, 15) is 8.42 Å². The maximum atomic E-state index is 11.2. The van der Waals surface area contributed by atoms with Gasteiger partial charge >= 0.3 is 0 Å². The van der Waals surface area contributed by atoms with Gasteiger partial charge in [0, 0.05) is 0 Å². The Morgan fingerprint density at radius 2 is 1.84 bits per heavy atom. The lowest BCUT2D eigenvalue weighted by molar-refractivity contribution is 0.0393. The number of hydrazone groups is 1. The van der Waals surface area contributed by atoms with Crippen LogP contribution in [0.4, 0.5) is 0 Å². The molecule has 2 N–H and O–H groups in total. The minimum atomic E-state index is -3.64. The van der Waals surface area contributed by atoms with Crippen molar-refractivity contribution in [1.29, 1.82) is 0 Å². The normalized spacial score (nSPS) is 17.6. The molecule has 0 aliphatic carbocycles. The minimum absolute atomic E-state index is 0.107. The molecular weight excluding hydrogens is 266 g/mol. The van der Waals surface area contributed by atoms with Gasteiger partial charge < -0.3 is 4.74 Å². The number of ether oxygens (including phenoxy) is 1. The predicted molar refractivity (Wildman–Crippen MR) is 72.4 cm³/mol. The summed E-state index contributed by atoms with van der Waals surface area (Å²) in [6.07, 6.45) is 0. The molecule has 1 fully saturated rings. The van der Waals surface area contributed by atoms with E-state index in [0.29, 0.717) is 13.2 Å². The summed E-state index contributed by atoms with van der Waals surface area (Å²) in [6, 6.07) is 6.39. The molecule has 1 aliphatic heterocycles. The van der Waals surface area contributed by atoms with Crippen LogP contribution >= 0.6 is 0 Å². The summed E-state index contributed by atoms with van der Waals surface area (Å²) in [4.78, 5) is 0.107. The summed E-state index contributed by atoms with van der Waals surface area (Å²) in [6.45, 7) is 4.79. The van der Waals surface area contributed by atoms with Gasteiger partial charge in [-0.3, -0.25) is 5.01 Å². The van der Waals surface area contributed by atoms with Crippen LogP contribution in [0.1, 0.15) is 12.5 Å². The molecule has 0 saturated carbocycles. The Morgan fingerprint density at radius 1 is 1.26 bits per heavy atom. The molecule has 7 heteroatoms. The van der Waals surface area contributed by atoms with Crippen LogP contribution in [0, 0.1) is 0 Å². The molecule has 0 aromatic heterocycles. The highest BCUT2D eigenvalue weighted by Gasteiger charge is 2.10. The summed E-state index contributed by atoms with van der Waals surface area (Å²) in [5.74, 6) is 0. The lowest BCUT2D eigenvalue weighted by Crippen LogP contribution is -2.33. The Hall–Kier alpha value is -1.44. The molecule has 1 aromatic rings. The van der Waals surface area contributed by atoms with E-state index < -0.39 is 10.0 Å². The SMILES string of the molecule is C/C(=N\N1CCOCC1)c1ccc(S(N)(=O)=O)cc1. The largest absolute Gasteiger partial charge is 0.378 e. The Morgan fingerprint density at radius 3 is 2.37 bits per heavy atom. The topological polar surface area (TPSA) is 85.0 Å². The van der Waals surface area contributed by atoms with Crippen molar-refractivity contribution < 1.29 is 13.2 Å². The maximum absolute atomic E-state index is 11.2. The van der Waals surface area contributed by atoms with Gasteiger partial charge in [-0.25, -0.2) is 13.6 Å². The Balaban J connectivity index is 2.15. The third kappa shape index (κ3) is 3.76. The zero-order valence-electron chi connectivity index (χ0n) is 10.7. The first-order valence-electron chi connectivity index (χ1n) is 5.98.